The molecule has 0 bridgehead atoms. The Morgan fingerprint density at radius 2 is 1.78 bits per heavy atom. The second kappa shape index (κ2) is 8.73. The molecule has 32 heavy (non-hydrogen) atoms. The average Bonchev–Trinajstić information content (AvgIpc) is 3.14. The van der Waals surface area contributed by atoms with E-state index in [0.717, 1.165) is 28.8 Å². The van der Waals surface area contributed by atoms with Gasteiger partial charge in [-0.2, -0.15) is 0 Å². The highest BCUT2D eigenvalue weighted by Gasteiger charge is 2.35. The van der Waals surface area contributed by atoms with Gasteiger partial charge in [-0.15, -0.1) is 0 Å². The zero-order valence-corrected chi connectivity index (χ0v) is 19.4. The molecule has 7 nitrogen and oxygen atoms in total. The van der Waals surface area contributed by atoms with Gasteiger partial charge in [-0.05, 0) is 73.7 Å². The Balaban J connectivity index is 1.45. The van der Waals surface area contributed by atoms with Gasteiger partial charge in [0.1, 0.15) is 0 Å². The molecular weight excluding hydrogens is 406 g/mol. The molecule has 0 aliphatic carbocycles. The molecule has 1 saturated heterocycles. The molecule has 2 unspecified atom stereocenters. The van der Waals surface area contributed by atoms with Crippen molar-refractivity contribution in [3.63, 3.8) is 0 Å². The number of nitrogens with zero attached hydrogens (tertiary/aromatic N) is 2. The van der Waals surface area contributed by atoms with Crippen molar-refractivity contribution in [2.45, 2.75) is 45.7 Å². The summed E-state index contributed by atoms with van der Waals surface area (Å²) in [4.78, 5) is 29.4. The Kier molecular flexibility index (Phi) is 6.00. The molecule has 3 amide bonds. The van der Waals surface area contributed by atoms with Gasteiger partial charge >= 0.3 is 6.03 Å². The van der Waals surface area contributed by atoms with Gasteiger partial charge in [0.2, 0.25) is 5.91 Å². The number of anilines is 1. The predicted molar refractivity (Wildman–Crippen MR) is 124 cm³/mol. The fraction of sp³-hybridized carbons (Fsp3) is 0.440. The van der Waals surface area contributed by atoms with E-state index >= 15 is 0 Å². The van der Waals surface area contributed by atoms with Gasteiger partial charge in [0.05, 0.1) is 26.3 Å². The summed E-state index contributed by atoms with van der Waals surface area (Å²) in [7, 11) is 3.24. The van der Waals surface area contributed by atoms with Crippen LogP contribution >= 0.6 is 0 Å². The lowest BCUT2D eigenvalue weighted by atomic mass is 9.93. The largest absolute Gasteiger partial charge is 0.493 e. The number of urea groups is 1. The highest BCUT2D eigenvalue weighted by Crippen LogP contribution is 2.38. The van der Waals surface area contributed by atoms with Crippen LogP contribution in [-0.2, 0) is 11.2 Å². The van der Waals surface area contributed by atoms with Crippen molar-refractivity contribution >= 4 is 17.6 Å². The standard InChI is InChI=1S/C25H31N3O4/c1-15-6-7-20(10-16(15)2)28-14-19(12-24(28)29)26-25(30)27-9-8-18-11-22(31-4)23(32-5)13-21(18)17(27)3/h6-7,10-11,13,17,19H,8-9,12,14H2,1-5H3,(H,26,30). The minimum Gasteiger partial charge on any atom is -0.493 e. The second-order valence-electron chi connectivity index (χ2n) is 8.65. The SMILES string of the molecule is COc1cc2c(cc1OC)C(C)N(C(=O)NC1CC(=O)N(c3ccc(C)c(C)c3)C1)CC2. The predicted octanol–water partition coefficient (Wildman–Crippen LogP) is 3.75. The van der Waals surface area contributed by atoms with Crippen molar-refractivity contribution in [3.8, 4) is 11.5 Å². The number of nitrogens with one attached hydrogen (secondary N) is 1. The van der Waals surface area contributed by atoms with E-state index in [1.165, 1.54) is 5.56 Å². The highest BCUT2D eigenvalue weighted by molar-refractivity contribution is 5.97. The summed E-state index contributed by atoms with van der Waals surface area (Å²) in [6, 6.07) is 9.52. The quantitative estimate of drug-likeness (QED) is 0.791. The van der Waals surface area contributed by atoms with E-state index in [0.29, 0.717) is 31.0 Å². The number of fused-ring (bicyclic) bond motifs is 1. The molecule has 0 radical (unpaired) electrons. The first-order valence-corrected chi connectivity index (χ1v) is 11.0. The molecule has 0 spiro atoms. The molecule has 2 aliphatic heterocycles. The van der Waals surface area contributed by atoms with Gasteiger partial charge in [-0.25, -0.2) is 4.79 Å². The Labute approximate surface area is 189 Å². The topological polar surface area (TPSA) is 71.1 Å². The van der Waals surface area contributed by atoms with Crippen molar-refractivity contribution in [1.82, 2.24) is 10.2 Å². The minimum atomic E-state index is -0.212. The number of benzene rings is 2. The lowest BCUT2D eigenvalue weighted by molar-refractivity contribution is -0.117. The number of amides is 3. The smallest absolute Gasteiger partial charge is 0.318 e. The number of ether oxygens (including phenoxy) is 2. The first kappa shape index (κ1) is 22.0. The molecule has 170 valence electrons. The van der Waals surface area contributed by atoms with Crippen LogP contribution in [0.2, 0.25) is 0 Å². The van der Waals surface area contributed by atoms with Crippen LogP contribution in [-0.4, -0.2) is 50.2 Å². The van der Waals surface area contributed by atoms with E-state index in [9.17, 15) is 9.59 Å². The molecule has 0 saturated carbocycles. The fourth-order valence-electron chi connectivity index (χ4n) is 4.63. The Morgan fingerprint density at radius 3 is 2.47 bits per heavy atom. The van der Waals surface area contributed by atoms with Gasteiger partial charge in [0.15, 0.2) is 11.5 Å². The van der Waals surface area contributed by atoms with Crippen LogP contribution in [0.4, 0.5) is 10.5 Å². The third-order valence-corrected chi connectivity index (χ3v) is 6.70. The summed E-state index contributed by atoms with van der Waals surface area (Å²) in [6.07, 6.45) is 1.05. The van der Waals surface area contributed by atoms with Gasteiger partial charge in [0, 0.05) is 25.2 Å². The van der Waals surface area contributed by atoms with Crippen LogP contribution in [0, 0.1) is 13.8 Å². The zero-order valence-electron chi connectivity index (χ0n) is 19.4. The monoisotopic (exact) mass is 437 g/mol. The molecule has 2 aromatic carbocycles. The summed E-state index contributed by atoms with van der Waals surface area (Å²) >= 11 is 0. The maximum Gasteiger partial charge on any atom is 0.318 e. The lowest BCUT2D eigenvalue weighted by Gasteiger charge is -2.36. The van der Waals surface area contributed by atoms with Gasteiger partial charge < -0.3 is 24.6 Å². The number of carbonyl (C=O) groups is 2. The first-order chi connectivity index (χ1) is 15.3. The van der Waals surface area contributed by atoms with Crippen LogP contribution in [0.25, 0.3) is 0 Å². The average molecular weight is 438 g/mol. The molecular formula is C25H31N3O4. The zero-order chi connectivity index (χ0) is 23.0. The molecule has 1 N–H and O–H groups in total. The molecule has 7 heteroatoms. The number of methoxy groups -OCH3 is 2. The molecule has 2 atom stereocenters. The summed E-state index contributed by atoms with van der Waals surface area (Å²) < 4.78 is 10.9. The Morgan fingerprint density at radius 1 is 1.06 bits per heavy atom. The van der Waals surface area contributed by atoms with Crippen LogP contribution in [0.5, 0.6) is 11.5 Å². The van der Waals surface area contributed by atoms with Crippen LogP contribution < -0.4 is 19.7 Å². The summed E-state index contributed by atoms with van der Waals surface area (Å²) in [6.45, 7) is 7.20. The molecule has 0 aromatic heterocycles. The number of hydrogen-bond acceptors (Lipinski definition) is 4. The van der Waals surface area contributed by atoms with Crippen molar-refractivity contribution in [2.75, 3.05) is 32.2 Å². The number of rotatable bonds is 4. The van der Waals surface area contributed by atoms with Gasteiger partial charge in [0.25, 0.3) is 0 Å². The Bertz CT molecular complexity index is 1050. The van der Waals surface area contributed by atoms with Crippen molar-refractivity contribution in [3.05, 3.63) is 52.6 Å². The van der Waals surface area contributed by atoms with E-state index in [-0.39, 0.29) is 24.0 Å². The minimum absolute atomic E-state index is 0.0347. The molecule has 1 fully saturated rings. The van der Waals surface area contributed by atoms with Crippen LogP contribution in [0.1, 0.15) is 41.6 Å². The third kappa shape index (κ3) is 3.99. The summed E-state index contributed by atoms with van der Waals surface area (Å²) in [5.74, 6) is 1.39. The number of aryl methyl sites for hydroxylation is 2. The molecule has 2 aromatic rings. The summed E-state index contributed by atoms with van der Waals surface area (Å²) in [5.41, 5.74) is 5.45. The lowest BCUT2D eigenvalue weighted by Crippen LogP contribution is -2.48. The van der Waals surface area contributed by atoms with E-state index < -0.39 is 0 Å². The number of hydrogen-bond donors (Lipinski definition) is 1. The van der Waals surface area contributed by atoms with Crippen LogP contribution in [0.15, 0.2) is 30.3 Å². The van der Waals surface area contributed by atoms with Crippen molar-refractivity contribution in [1.29, 1.82) is 0 Å². The normalized spacial score (nSPS) is 20.2. The van der Waals surface area contributed by atoms with Gasteiger partial charge in [-0.3, -0.25) is 4.79 Å². The Hall–Kier alpha value is -3.22. The fourth-order valence-corrected chi connectivity index (χ4v) is 4.63. The van der Waals surface area contributed by atoms with Crippen molar-refractivity contribution in [2.24, 2.45) is 0 Å². The van der Waals surface area contributed by atoms with E-state index in [1.54, 1.807) is 19.1 Å². The molecule has 4 rings (SSSR count). The van der Waals surface area contributed by atoms with E-state index in [1.807, 2.05) is 49.1 Å². The van der Waals surface area contributed by atoms with Crippen molar-refractivity contribution < 1.29 is 19.1 Å². The number of carbonyl (C=O) groups excluding carboxylic acids is 2. The molecule has 2 heterocycles. The maximum absolute atomic E-state index is 13.1. The third-order valence-electron chi connectivity index (χ3n) is 6.70. The molecule has 2 aliphatic rings. The van der Waals surface area contributed by atoms with E-state index in [2.05, 4.69) is 12.2 Å². The highest BCUT2D eigenvalue weighted by atomic mass is 16.5. The van der Waals surface area contributed by atoms with E-state index in [4.69, 9.17) is 9.47 Å². The first-order valence-electron chi connectivity index (χ1n) is 11.0. The second-order valence-corrected chi connectivity index (χ2v) is 8.65. The van der Waals surface area contributed by atoms with Crippen LogP contribution in [0.3, 0.4) is 0 Å². The maximum atomic E-state index is 13.1. The summed E-state index contributed by atoms with van der Waals surface area (Å²) in [5, 5.41) is 3.09. The van der Waals surface area contributed by atoms with Gasteiger partial charge in [-0.1, -0.05) is 6.07 Å².